The number of rotatable bonds is 6. The summed E-state index contributed by atoms with van der Waals surface area (Å²) in [5.41, 5.74) is 1.65. The van der Waals surface area contributed by atoms with E-state index < -0.39 is 5.97 Å². The highest BCUT2D eigenvalue weighted by Gasteiger charge is 2.24. The molecule has 0 radical (unpaired) electrons. The minimum absolute atomic E-state index is 0.0259. The van der Waals surface area contributed by atoms with Crippen molar-refractivity contribution in [1.29, 1.82) is 0 Å². The molecule has 1 amide bonds. The number of benzene rings is 1. The van der Waals surface area contributed by atoms with Crippen molar-refractivity contribution in [2.45, 2.75) is 32.3 Å². The first-order valence-corrected chi connectivity index (χ1v) is 7.69. The van der Waals surface area contributed by atoms with Gasteiger partial charge in [0.1, 0.15) is 0 Å². The lowest BCUT2D eigenvalue weighted by Gasteiger charge is -2.32. The van der Waals surface area contributed by atoms with Gasteiger partial charge in [0, 0.05) is 32.2 Å². The number of amides is 1. The number of methoxy groups -OCH3 is 1. The molecule has 5 nitrogen and oxygen atoms in total. The van der Waals surface area contributed by atoms with E-state index in [0.29, 0.717) is 25.1 Å². The van der Waals surface area contributed by atoms with Gasteiger partial charge in [-0.3, -0.25) is 9.59 Å². The second-order valence-corrected chi connectivity index (χ2v) is 5.83. The third-order valence-electron chi connectivity index (χ3n) is 4.06. The van der Waals surface area contributed by atoms with Gasteiger partial charge >= 0.3 is 5.97 Å². The second kappa shape index (κ2) is 7.94. The lowest BCUT2D eigenvalue weighted by Crippen LogP contribution is -2.40. The molecule has 1 aliphatic heterocycles. The molecule has 1 N–H and O–H groups in total. The fourth-order valence-electron chi connectivity index (χ4n) is 2.96. The number of likely N-dealkylation sites (tertiary alicyclic amines) is 1. The lowest BCUT2D eigenvalue weighted by atomic mass is 9.93. The summed E-state index contributed by atoms with van der Waals surface area (Å²) in [5.74, 6) is -0.454. The highest BCUT2D eigenvalue weighted by molar-refractivity contribution is 5.94. The van der Waals surface area contributed by atoms with E-state index in [9.17, 15) is 9.59 Å². The number of carbonyl (C=O) groups excluding carboxylic acids is 1. The minimum atomic E-state index is -0.768. The first kappa shape index (κ1) is 16.5. The van der Waals surface area contributed by atoms with E-state index in [-0.39, 0.29) is 18.2 Å². The fraction of sp³-hybridized carbons (Fsp3) is 0.529. The monoisotopic (exact) mass is 305 g/mol. The summed E-state index contributed by atoms with van der Waals surface area (Å²) in [6.45, 7) is 1.89. The number of hydrogen-bond acceptors (Lipinski definition) is 3. The van der Waals surface area contributed by atoms with E-state index >= 15 is 0 Å². The molecule has 1 aliphatic rings. The van der Waals surface area contributed by atoms with Gasteiger partial charge in [0.05, 0.1) is 6.61 Å². The van der Waals surface area contributed by atoms with Crippen LogP contribution in [0.25, 0.3) is 0 Å². The molecule has 2 rings (SSSR count). The van der Waals surface area contributed by atoms with Crippen molar-refractivity contribution in [2.24, 2.45) is 5.92 Å². The fourth-order valence-corrected chi connectivity index (χ4v) is 2.96. The molecule has 22 heavy (non-hydrogen) atoms. The van der Waals surface area contributed by atoms with Crippen molar-refractivity contribution >= 4 is 11.9 Å². The van der Waals surface area contributed by atoms with E-state index in [1.165, 1.54) is 0 Å². The Morgan fingerprint density at radius 1 is 1.41 bits per heavy atom. The SMILES string of the molecule is COCc1cccc(C(=O)N2CCCC(CCC(=O)O)C2)c1. The topological polar surface area (TPSA) is 66.8 Å². The van der Waals surface area contributed by atoms with Gasteiger partial charge in [-0.1, -0.05) is 12.1 Å². The van der Waals surface area contributed by atoms with Crippen molar-refractivity contribution in [3.63, 3.8) is 0 Å². The van der Waals surface area contributed by atoms with Crippen LogP contribution in [0.2, 0.25) is 0 Å². The molecule has 1 heterocycles. The van der Waals surface area contributed by atoms with Crippen LogP contribution < -0.4 is 0 Å². The van der Waals surface area contributed by atoms with E-state index in [1.54, 1.807) is 7.11 Å². The van der Waals surface area contributed by atoms with E-state index in [0.717, 1.165) is 24.9 Å². The minimum Gasteiger partial charge on any atom is -0.481 e. The number of ether oxygens (including phenoxy) is 1. The van der Waals surface area contributed by atoms with Crippen LogP contribution in [-0.2, 0) is 16.1 Å². The molecule has 1 aromatic rings. The third kappa shape index (κ3) is 4.56. The largest absolute Gasteiger partial charge is 0.481 e. The smallest absolute Gasteiger partial charge is 0.303 e. The highest BCUT2D eigenvalue weighted by atomic mass is 16.5. The molecule has 120 valence electrons. The van der Waals surface area contributed by atoms with Gasteiger partial charge < -0.3 is 14.7 Å². The molecule has 1 fully saturated rings. The van der Waals surface area contributed by atoms with E-state index in [1.807, 2.05) is 29.2 Å². The number of aliphatic carboxylic acids is 1. The summed E-state index contributed by atoms with van der Waals surface area (Å²) < 4.78 is 5.10. The Labute approximate surface area is 130 Å². The normalized spacial score (nSPS) is 18.2. The molecular formula is C17H23NO4. The van der Waals surface area contributed by atoms with Crippen LogP contribution in [0.4, 0.5) is 0 Å². The second-order valence-electron chi connectivity index (χ2n) is 5.83. The number of carbonyl (C=O) groups is 2. The quantitative estimate of drug-likeness (QED) is 0.877. The first-order valence-electron chi connectivity index (χ1n) is 7.69. The van der Waals surface area contributed by atoms with E-state index in [4.69, 9.17) is 9.84 Å². The number of hydrogen-bond donors (Lipinski definition) is 1. The maximum absolute atomic E-state index is 12.6. The van der Waals surface area contributed by atoms with Gasteiger partial charge in [-0.05, 0) is 42.9 Å². The summed E-state index contributed by atoms with van der Waals surface area (Å²) in [6.07, 6.45) is 2.76. The van der Waals surface area contributed by atoms with Crippen molar-refractivity contribution in [2.75, 3.05) is 20.2 Å². The standard InChI is InChI=1S/C17H23NO4/c1-22-12-14-4-2-6-15(10-14)17(21)18-9-3-5-13(11-18)7-8-16(19)20/h2,4,6,10,13H,3,5,7-9,11-12H2,1H3,(H,19,20). The number of nitrogens with zero attached hydrogens (tertiary/aromatic N) is 1. The summed E-state index contributed by atoms with van der Waals surface area (Å²) in [7, 11) is 1.63. The van der Waals surface area contributed by atoms with Gasteiger partial charge in [-0.15, -0.1) is 0 Å². The molecule has 5 heteroatoms. The molecular weight excluding hydrogens is 282 g/mol. The Hall–Kier alpha value is -1.88. The molecule has 1 atom stereocenters. The number of piperidine rings is 1. The molecule has 1 saturated heterocycles. The van der Waals surface area contributed by atoms with Crippen molar-refractivity contribution < 1.29 is 19.4 Å². The average Bonchev–Trinajstić information content (AvgIpc) is 2.53. The van der Waals surface area contributed by atoms with Crippen LogP contribution in [0.5, 0.6) is 0 Å². The molecule has 0 aromatic heterocycles. The Morgan fingerprint density at radius 3 is 2.95 bits per heavy atom. The van der Waals surface area contributed by atoms with Crippen LogP contribution in [-0.4, -0.2) is 42.1 Å². The van der Waals surface area contributed by atoms with E-state index in [2.05, 4.69) is 0 Å². The van der Waals surface area contributed by atoms with Gasteiger partial charge in [0.25, 0.3) is 5.91 Å². The van der Waals surface area contributed by atoms with Gasteiger partial charge in [-0.25, -0.2) is 0 Å². The van der Waals surface area contributed by atoms with Crippen molar-refractivity contribution in [1.82, 2.24) is 4.90 Å². The van der Waals surface area contributed by atoms with Gasteiger partial charge in [-0.2, -0.15) is 0 Å². The van der Waals surface area contributed by atoms with Crippen LogP contribution in [0.3, 0.4) is 0 Å². The molecule has 0 spiro atoms. The highest BCUT2D eigenvalue weighted by Crippen LogP contribution is 2.22. The maximum atomic E-state index is 12.6. The third-order valence-corrected chi connectivity index (χ3v) is 4.06. The zero-order valence-electron chi connectivity index (χ0n) is 13.0. The van der Waals surface area contributed by atoms with Gasteiger partial charge in [0.2, 0.25) is 0 Å². The van der Waals surface area contributed by atoms with Crippen LogP contribution in [0.15, 0.2) is 24.3 Å². The number of carboxylic acid groups (broad SMARTS) is 1. The predicted molar refractivity (Wildman–Crippen MR) is 82.7 cm³/mol. The molecule has 1 aromatic carbocycles. The first-order chi connectivity index (χ1) is 10.6. The summed E-state index contributed by atoms with van der Waals surface area (Å²) in [6, 6.07) is 7.49. The molecule has 0 aliphatic carbocycles. The summed E-state index contributed by atoms with van der Waals surface area (Å²) in [4.78, 5) is 25.1. The Morgan fingerprint density at radius 2 is 2.23 bits per heavy atom. The zero-order valence-corrected chi connectivity index (χ0v) is 13.0. The lowest BCUT2D eigenvalue weighted by molar-refractivity contribution is -0.137. The zero-order chi connectivity index (χ0) is 15.9. The van der Waals surface area contributed by atoms with Crippen LogP contribution in [0.1, 0.15) is 41.6 Å². The predicted octanol–water partition coefficient (Wildman–Crippen LogP) is 2.55. The molecule has 1 unspecified atom stereocenters. The number of carboxylic acids is 1. The summed E-state index contributed by atoms with van der Waals surface area (Å²) in [5, 5.41) is 8.79. The van der Waals surface area contributed by atoms with Crippen molar-refractivity contribution in [3.05, 3.63) is 35.4 Å². The molecule has 0 bridgehead atoms. The van der Waals surface area contributed by atoms with Crippen LogP contribution in [0, 0.1) is 5.92 Å². The maximum Gasteiger partial charge on any atom is 0.303 e. The molecule has 0 saturated carbocycles. The van der Waals surface area contributed by atoms with Crippen LogP contribution >= 0.6 is 0 Å². The average molecular weight is 305 g/mol. The Balaban J connectivity index is 1.99. The van der Waals surface area contributed by atoms with Gasteiger partial charge in [0.15, 0.2) is 0 Å². The summed E-state index contributed by atoms with van der Waals surface area (Å²) >= 11 is 0. The Bertz CT molecular complexity index is 529. The van der Waals surface area contributed by atoms with Crippen molar-refractivity contribution in [3.8, 4) is 0 Å². The Kier molecular flexibility index (Phi) is 5.95.